The molecule has 2 N–H and O–H groups in total. The molecule has 0 aliphatic rings. The minimum Gasteiger partial charge on any atom is -0.492 e. The molecule has 3 aromatic rings. The van der Waals surface area contributed by atoms with Crippen molar-refractivity contribution in [1.82, 2.24) is 19.5 Å². The van der Waals surface area contributed by atoms with Crippen LogP contribution in [0.4, 0.5) is 5.82 Å². The van der Waals surface area contributed by atoms with Crippen molar-refractivity contribution in [2.75, 3.05) is 12.3 Å². The number of nitrogens with zero attached hydrogens (tertiary/aromatic N) is 4. The topological polar surface area (TPSA) is 88.1 Å². The second-order valence-corrected chi connectivity index (χ2v) is 5.36. The molecule has 2 aromatic heterocycles. The summed E-state index contributed by atoms with van der Waals surface area (Å²) in [6.07, 6.45) is 3.29. The molecule has 0 aliphatic heterocycles. The van der Waals surface area contributed by atoms with Crippen LogP contribution in [0.1, 0.15) is 13.8 Å². The minimum absolute atomic E-state index is 0. The quantitative estimate of drug-likeness (QED) is 0.736. The first-order valence-electron chi connectivity index (χ1n) is 7.44. The first kappa shape index (κ1) is 17.8. The van der Waals surface area contributed by atoms with Gasteiger partial charge in [-0.3, -0.25) is 0 Å². The number of halogens is 1. The van der Waals surface area contributed by atoms with Crippen LogP contribution in [0.5, 0.6) is 11.5 Å². The highest BCUT2D eigenvalue weighted by molar-refractivity contribution is 5.85. The van der Waals surface area contributed by atoms with E-state index >= 15 is 0 Å². The number of ether oxygens (including phenoxy) is 2. The summed E-state index contributed by atoms with van der Waals surface area (Å²) in [7, 11) is 0. The number of hydrogen-bond acceptors (Lipinski definition) is 6. The second-order valence-electron chi connectivity index (χ2n) is 5.36. The molecular weight excluding hydrogens is 330 g/mol. The number of fused-ring (bicyclic) bond motifs is 1. The van der Waals surface area contributed by atoms with Gasteiger partial charge in [-0.15, -0.1) is 12.4 Å². The van der Waals surface area contributed by atoms with Crippen molar-refractivity contribution in [2.45, 2.75) is 26.5 Å². The number of rotatable bonds is 6. The first-order chi connectivity index (χ1) is 11.1. The molecule has 2 heterocycles. The third-order valence-corrected chi connectivity index (χ3v) is 3.23. The Bertz CT molecular complexity index is 789. The highest BCUT2D eigenvalue weighted by atomic mass is 35.5. The van der Waals surface area contributed by atoms with E-state index in [-0.39, 0.29) is 18.5 Å². The standard InChI is InChI=1S/C16H19N5O2.ClH/c1-11(2)23-13-5-3-12(4-6-13)22-8-7-21-10-20-14-15(17)18-9-19-16(14)21;/h3-6,9-11H,7-8H2,1-2H3,(H2,17,18,19);1H. The van der Waals surface area contributed by atoms with Crippen molar-refractivity contribution in [3.63, 3.8) is 0 Å². The van der Waals surface area contributed by atoms with Gasteiger partial charge in [0, 0.05) is 0 Å². The van der Waals surface area contributed by atoms with E-state index in [0.717, 1.165) is 11.5 Å². The van der Waals surface area contributed by atoms with Crippen molar-refractivity contribution in [1.29, 1.82) is 0 Å². The molecule has 128 valence electrons. The molecule has 0 atom stereocenters. The Morgan fingerprint density at radius 2 is 1.79 bits per heavy atom. The summed E-state index contributed by atoms with van der Waals surface area (Å²) in [5.41, 5.74) is 7.09. The average Bonchev–Trinajstić information content (AvgIpc) is 2.93. The summed E-state index contributed by atoms with van der Waals surface area (Å²) < 4.78 is 13.2. The van der Waals surface area contributed by atoms with Gasteiger partial charge in [0.05, 0.1) is 19.0 Å². The van der Waals surface area contributed by atoms with E-state index in [9.17, 15) is 0 Å². The third-order valence-electron chi connectivity index (χ3n) is 3.23. The molecule has 0 amide bonds. The Kier molecular flexibility index (Phi) is 5.81. The molecule has 0 radical (unpaired) electrons. The fraction of sp³-hybridized carbons (Fsp3) is 0.312. The molecule has 1 aromatic carbocycles. The van der Waals surface area contributed by atoms with Gasteiger partial charge >= 0.3 is 0 Å². The van der Waals surface area contributed by atoms with Crippen molar-refractivity contribution in [3.05, 3.63) is 36.9 Å². The number of benzene rings is 1. The van der Waals surface area contributed by atoms with E-state index in [0.29, 0.717) is 30.1 Å². The number of nitrogen functional groups attached to an aromatic ring is 1. The summed E-state index contributed by atoms with van der Waals surface area (Å²) in [4.78, 5) is 12.4. The average molecular weight is 350 g/mol. The molecule has 0 bridgehead atoms. The number of aromatic nitrogens is 4. The summed E-state index contributed by atoms with van der Waals surface area (Å²) in [6, 6.07) is 7.58. The van der Waals surface area contributed by atoms with Crippen LogP contribution in [0.25, 0.3) is 11.2 Å². The van der Waals surface area contributed by atoms with Crippen molar-refractivity contribution in [2.24, 2.45) is 0 Å². The molecule has 7 nitrogen and oxygen atoms in total. The van der Waals surface area contributed by atoms with Crippen molar-refractivity contribution in [3.8, 4) is 11.5 Å². The Morgan fingerprint density at radius 3 is 2.50 bits per heavy atom. The lowest BCUT2D eigenvalue weighted by atomic mass is 10.3. The van der Waals surface area contributed by atoms with Gasteiger partial charge in [-0.2, -0.15) is 0 Å². The van der Waals surface area contributed by atoms with Gasteiger partial charge in [0.1, 0.15) is 29.9 Å². The smallest absolute Gasteiger partial charge is 0.165 e. The lowest BCUT2D eigenvalue weighted by Gasteiger charge is -2.11. The fourth-order valence-electron chi connectivity index (χ4n) is 2.21. The highest BCUT2D eigenvalue weighted by Crippen LogP contribution is 2.19. The molecular formula is C16H20ClN5O2. The van der Waals surface area contributed by atoms with Gasteiger partial charge < -0.3 is 19.8 Å². The number of imidazole rings is 1. The summed E-state index contributed by atoms with van der Waals surface area (Å²) >= 11 is 0. The monoisotopic (exact) mass is 349 g/mol. The first-order valence-corrected chi connectivity index (χ1v) is 7.44. The van der Waals surface area contributed by atoms with E-state index in [1.54, 1.807) is 6.33 Å². The van der Waals surface area contributed by atoms with Gasteiger partial charge in [0.25, 0.3) is 0 Å². The van der Waals surface area contributed by atoms with Gasteiger partial charge in [-0.05, 0) is 38.1 Å². The van der Waals surface area contributed by atoms with Crippen LogP contribution < -0.4 is 15.2 Å². The van der Waals surface area contributed by atoms with Crippen molar-refractivity contribution < 1.29 is 9.47 Å². The van der Waals surface area contributed by atoms with Crippen LogP contribution in [0.15, 0.2) is 36.9 Å². The van der Waals surface area contributed by atoms with Crippen LogP contribution in [0.2, 0.25) is 0 Å². The predicted octanol–water partition coefficient (Wildman–Crippen LogP) is 2.70. The predicted molar refractivity (Wildman–Crippen MR) is 94.7 cm³/mol. The molecule has 0 saturated heterocycles. The maximum absolute atomic E-state index is 5.77. The summed E-state index contributed by atoms with van der Waals surface area (Å²) in [6.45, 7) is 5.11. The van der Waals surface area contributed by atoms with Crippen LogP contribution in [0.3, 0.4) is 0 Å². The maximum Gasteiger partial charge on any atom is 0.165 e. The van der Waals surface area contributed by atoms with Gasteiger partial charge in [0.2, 0.25) is 0 Å². The van der Waals surface area contributed by atoms with E-state index in [2.05, 4.69) is 15.0 Å². The zero-order chi connectivity index (χ0) is 16.2. The van der Waals surface area contributed by atoms with Crippen molar-refractivity contribution >= 4 is 29.4 Å². The molecule has 3 rings (SSSR count). The van der Waals surface area contributed by atoms with Crippen LogP contribution in [-0.4, -0.2) is 32.2 Å². The van der Waals surface area contributed by atoms with Crippen LogP contribution in [-0.2, 0) is 6.54 Å². The lowest BCUT2D eigenvalue weighted by Crippen LogP contribution is -2.08. The van der Waals surface area contributed by atoms with Crippen LogP contribution >= 0.6 is 12.4 Å². The number of anilines is 1. The molecule has 0 saturated carbocycles. The molecule has 0 fully saturated rings. The molecule has 8 heteroatoms. The third kappa shape index (κ3) is 4.05. The van der Waals surface area contributed by atoms with Gasteiger partial charge in [-0.1, -0.05) is 0 Å². The van der Waals surface area contributed by atoms with Gasteiger partial charge in [0.15, 0.2) is 11.5 Å². The molecule has 0 unspecified atom stereocenters. The lowest BCUT2D eigenvalue weighted by molar-refractivity contribution is 0.241. The SMILES string of the molecule is CC(C)Oc1ccc(OCCn2cnc3c(N)ncnc32)cc1.Cl. The zero-order valence-corrected chi connectivity index (χ0v) is 14.4. The summed E-state index contributed by atoms with van der Waals surface area (Å²) in [5.74, 6) is 2.01. The van der Waals surface area contributed by atoms with Gasteiger partial charge in [-0.25, -0.2) is 15.0 Å². The number of hydrogen-bond donors (Lipinski definition) is 1. The van der Waals surface area contributed by atoms with Crippen LogP contribution in [0, 0.1) is 0 Å². The largest absolute Gasteiger partial charge is 0.492 e. The second kappa shape index (κ2) is 7.83. The van der Waals surface area contributed by atoms with E-state index in [1.165, 1.54) is 6.33 Å². The Balaban J connectivity index is 0.00000208. The number of nitrogens with two attached hydrogens (primary N) is 1. The molecule has 0 aliphatic carbocycles. The fourth-order valence-corrected chi connectivity index (χ4v) is 2.21. The Hall–Kier alpha value is -2.54. The van der Waals surface area contributed by atoms with E-state index < -0.39 is 0 Å². The normalized spacial score (nSPS) is 10.6. The molecule has 24 heavy (non-hydrogen) atoms. The zero-order valence-electron chi connectivity index (χ0n) is 13.5. The van der Waals surface area contributed by atoms with E-state index in [4.69, 9.17) is 15.2 Å². The summed E-state index contributed by atoms with van der Waals surface area (Å²) in [5, 5.41) is 0. The minimum atomic E-state index is 0. The highest BCUT2D eigenvalue weighted by Gasteiger charge is 2.07. The molecule has 0 spiro atoms. The Labute approximate surface area is 146 Å². The van der Waals surface area contributed by atoms with E-state index in [1.807, 2.05) is 42.7 Å². The maximum atomic E-state index is 5.77. The Morgan fingerprint density at radius 1 is 1.08 bits per heavy atom.